The number of carbonyl (C=O) groups is 3. The molecule has 2 atom stereocenters. The number of quaternary nitrogens is 1. The van der Waals surface area contributed by atoms with E-state index in [2.05, 4.69) is 74.6 Å². The second kappa shape index (κ2) is 46.5. The molecular weight excluding hydrogens is 803 g/mol. The summed E-state index contributed by atoms with van der Waals surface area (Å²) in [5.41, 5.74) is 0. The Balaban J connectivity index is 4.14. The van der Waals surface area contributed by atoms with Crippen molar-refractivity contribution in [3.8, 4) is 0 Å². The zero-order valence-corrected chi connectivity index (χ0v) is 41.9. The quantitative estimate of drug-likeness (QED) is 0.0211. The molecule has 0 aliphatic rings. The van der Waals surface area contributed by atoms with Gasteiger partial charge in [0.15, 0.2) is 6.10 Å². The first kappa shape index (κ1) is 61.0. The van der Waals surface area contributed by atoms with Crippen LogP contribution in [-0.4, -0.2) is 87.4 Å². The molecule has 0 radical (unpaired) electrons. The number of carboxylic acid groups (broad SMARTS) is 1. The third-order valence-electron chi connectivity index (χ3n) is 11.0. The van der Waals surface area contributed by atoms with Crippen LogP contribution in [0.4, 0.5) is 0 Å². The van der Waals surface area contributed by atoms with E-state index in [1.54, 1.807) is 0 Å². The first-order valence-corrected chi connectivity index (χ1v) is 26.0. The number of unbranched alkanes of at least 4 members (excludes halogenated alkanes) is 22. The molecule has 2 unspecified atom stereocenters. The molecule has 9 nitrogen and oxygen atoms in total. The van der Waals surface area contributed by atoms with Gasteiger partial charge in [0.05, 0.1) is 34.4 Å². The first-order chi connectivity index (χ1) is 31.1. The molecule has 0 saturated heterocycles. The molecule has 9 heteroatoms. The summed E-state index contributed by atoms with van der Waals surface area (Å²) in [6.07, 6.45) is 54.5. The topological polar surface area (TPSA) is 108 Å². The van der Waals surface area contributed by atoms with Crippen LogP contribution in [-0.2, 0) is 33.3 Å². The Morgan fingerprint density at radius 1 is 0.484 bits per heavy atom. The van der Waals surface area contributed by atoms with Gasteiger partial charge in [0, 0.05) is 12.8 Å². The van der Waals surface area contributed by atoms with E-state index >= 15 is 0 Å². The maximum absolute atomic E-state index is 12.8. The Bertz CT molecular complexity index is 1230. The molecule has 0 aromatic heterocycles. The van der Waals surface area contributed by atoms with Crippen LogP contribution in [0.3, 0.4) is 0 Å². The number of rotatable bonds is 47. The molecule has 0 aliphatic carbocycles. The highest BCUT2D eigenvalue weighted by molar-refractivity contribution is 5.71. The number of likely N-dealkylation sites (N-methyl/N-ethyl adjacent to an activating group) is 1. The molecule has 64 heavy (non-hydrogen) atoms. The predicted molar refractivity (Wildman–Crippen MR) is 267 cm³/mol. The fourth-order valence-corrected chi connectivity index (χ4v) is 7.01. The summed E-state index contributed by atoms with van der Waals surface area (Å²) < 4.78 is 22.7. The SMILES string of the molecule is CC/C=C\C/C=C\C/C=C\C/C=C\CCCCCCCCCCCCCCCCCCC(=O)OC(COC(=O)CCCCCCC/C=C\CCC)COC(OCC[N+](C)(C)C)C(=O)O. The number of aliphatic carboxylic acids is 1. The standard InChI is InChI=1S/C55H97NO8/c1-6-8-10-12-14-16-18-19-20-21-22-23-24-25-26-27-28-29-30-31-32-33-34-35-36-38-40-42-44-46-53(58)64-51(50-63-55(54(59)60)61-48-47-56(3,4)5)49-62-52(57)45-43-41-39-37-17-15-13-11-9-7-2/h8,10-11,13-14,16,19-20,22-23,51,55H,6-7,9,12,15,17-18,21,24-50H2,1-5H3/p+1/b10-8-,13-11-,16-14-,20-19-,23-22-. The molecule has 0 amide bonds. The van der Waals surface area contributed by atoms with E-state index in [0.717, 1.165) is 89.9 Å². The minimum absolute atomic E-state index is 0.186. The fraction of sp³-hybridized carbons (Fsp3) is 0.764. The van der Waals surface area contributed by atoms with Crippen LogP contribution in [0, 0.1) is 0 Å². The lowest BCUT2D eigenvalue weighted by Crippen LogP contribution is -2.40. The van der Waals surface area contributed by atoms with Crippen LogP contribution < -0.4 is 0 Å². The molecule has 0 bridgehead atoms. The van der Waals surface area contributed by atoms with Gasteiger partial charge in [-0.3, -0.25) is 9.59 Å². The van der Waals surface area contributed by atoms with Gasteiger partial charge in [-0.25, -0.2) is 4.79 Å². The van der Waals surface area contributed by atoms with Gasteiger partial charge in [-0.2, -0.15) is 0 Å². The molecule has 1 N–H and O–H groups in total. The van der Waals surface area contributed by atoms with Gasteiger partial charge < -0.3 is 28.5 Å². The van der Waals surface area contributed by atoms with E-state index in [1.165, 1.54) is 96.3 Å². The molecule has 0 heterocycles. The molecular formula is C55H98NO8+. The van der Waals surface area contributed by atoms with Crippen LogP contribution in [0.5, 0.6) is 0 Å². The minimum atomic E-state index is -1.51. The van der Waals surface area contributed by atoms with Gasteiger partial charge >= 0.3 is 17.9 Å². The third-order valence-corrected chi connectivity index (χ3v) is 11.0. The lowest BCUT2D eigenvalue weighted by atomic mass is 10.0. The number of allylic oxidation sites excluding steroid dienone is 10. The highest BCUT2D eigenvalue weighted by Crippen LogP contribution is 2.16. The van der Waals surface area contributed by atoms with Crippen molar-refractivity contribution in [3.05, 3.63) is 60.8 Å². The van der Waals surface area contributed by atoms with E-state index in [9.17, 15) is 19.5 Å². The monoisotopic (exact) mass is 901 g/mol. The van der Waals surface area contributed by atoms with E-state index in [4.69, 9.17) is 18.9 Å². The van der Waals surface area contributed by atoms with Crippen molar-refractivity contribution in [1.82, 2.24) is 0 Å². The van der Waals surface area contributed by atoms with E-state index in [-0.39, 0.29) is 32.2 Å². The number of nitrogens with zero attached hydrogens (tertiary/aromatic N) is 1. The number of ether oxygens (including phenoxy) is 4. The molecule has 370 valence electrons. The van der Waals surface area contributed by atoms with Gasteiger partial charge in [0.2, 0.25) is 0 Å². The minimum Gasteiger partial charge on any atom is -0.477 e. The van der Waals surface area contributed by atoms with Crippen LogP contribution in [0.1, 0.15) is 213 Å². The second-order valence-electron chi connectivity index (χ2n) is 18.4. The van der Waals surface area contributed by atoms with Gasteiger partial charge in [-0.05, 0) is 70.6 Å². The zero-order valence-electron chi connectivity index (χ0n) is 41.9. The summed E-state index contributed by atoms with van der Waals surface area (Å²) in [4.78, 5) is 37.1. The van der Waals surface area contributed by atoms with E-state index in [0.29, 0.717) is 17.4 Å². The summed E-state index contributed by atoms with van der Waals surface area (Å²) in [7, 11) is 5.95. The second-order valence-corrected chi connectivity index (χ2v) is 18.4. The number of carbonyl (C=O) groups excluding carboxylic acids is 2. The normalized spacial score (nSPS) is 13.3. The fourth-order valence-electron chi connectivity index (χ4n) is 7.01. The Morgan fingerprint density at radius 2 is 0.891 bits per heavy atom. The Hall–Kier alpha value is -3.01. The smallest absolute Gasteiger partial charge is 0.361 e. The van der Waals surface area contributed by atoms with E-state index in [1.807, 2.05) is 21.1 Å². The van der Waals surface area contributed by atoms with Crippen LogP contribution in [0.15, 0.2) is 60.8 Å². The van der Waals surface area contributed by atoms with E-state index < -0.39 is 24.3 Å². The number of carboxylic acids is 1. The predicted octanol–water partition coefficient (Wildman–Crippen LogP) is 14.5. The van der Waals surface area contributed by atoms with Gasteiger partial charge in [-0.1, -0.05) is 190 Å². The lowest BCUT2D eigenvalue weighted by Gasteiger charge is -2.25. The van der Waals surface area contributed by atoms with Gasteiger partial charge in [0.1, 0.15) is 13.2 Å². The van der Waals surface area contributed by atoms with Crippen LogP contribution in [0.25, 0.3) is 0 Å². The van der Waals surface area contributed by atoms with Crippen LogP contribution in [0.2, 0.25) is 0 Å². The summed E-state index contributed by atoms with van der Waals surface area (Å²) in [5, 5.41) is 9.65. The summed E-state index contributed by atoms with van der Waals surface area (Å²) in [5.74, 6) is -2.02. The maximum Gasteiger partial charge on any atom is 0.361 e. The van der Waals surface area contributed by atoms with Crippen molar-refractivity contribution < 1.29 is 42.9 Å². The zero-order chi connectivity index (χ0) is 47.0. The third kappa shape index (κ3) is 47.0. The molecule has 0 aromatic rings. The number of hydrogen-bond donors (Lipinski definition) is 1. The van der Waals surface area contributed by atoms with Crippen molar-refractivity contribution in [3.63, 3.8) is 0 Å². The highest BCUT2D eigenvalue weighted by atomic mass is 16.7. The van der Waals surface area contributed by atoms with Crippen molar-refractivity contribution in [1.29, 1.82) is 0 Å². The molecule has 0 rings (SSSR count). The van der Waals surface area contributed by atoms with Crippen molar-refractivity contribution >= 4 is 17.9 Å². The Labute approximate surface area is 393 Å². The summed E-state index contributed by atoms with van der Waals surface area (Å²) >= 11 is 0. The number of hydrogen-bond acceptors (Lipinski definition) is 7. The number of esters is 2. The van der Waals surface area contributed by atoms with Crippen molar-refractivity contribution in [2.45, 2.75) is 225 Å². The maximum atomic E-state index is 12.8. The summed E-state index contributed by atoms with van der Waals surface area (Å²) in [6, 6.07) is 0. The van der Waals surface area contributed by atoms with Crippen molar-refractivity contribution in [2.75, 3.05) is 47.5 Å². The molecule has 0 aliphatic heterocycles. The Morgan fingerprint density at radius 3 is 1.34 bits per heavy atom. The molecule has 0 saturated carbocycles. The lowest BCUT2D eigenvalue weighted by molar-refractivity contribution is -0.870. The highest BCUT2D eigenvalue weighted by Gasteiger charge is 2.25. The largest absolute Gasteiger partial charge is 0.477 e. The van der Waals surface area contributed by atoms with Crippen LogP contribution >= 0.6 is 0 Å². The molecule has 0 aromatic carbocycles. The summed E-state index contributed by atoms with van der Waals surface area (Å²) in [6.45, 7) is 4.69. The van der Waals surface area contributed by atoms with Gasteiger partial charge in [0.25, 0.3) is 6.29 Å². The average Bonchev–Trinajstić information content (AvgIpc) is 3.26. The first-order valence-electron chi connectivity index (χ1n) is 26.0. The molecule has 0 fully saturated rings. The van der Waals surface area contributed by atoms with Crippen molar-refractivity contribution in [2.24, 2.45) is 0 Å². The average molecular weight is 901 g/mol. The van der Waals surface area contributed by atoms with Gasteiger partial charge in [-0.15, -0.1) is 0 Å². The molecule has 0 spiro atoms. The Kier molecular flexibility index (Phi) is 44.3.